The zero-order valence-electron chi connectivity index (χ0n) is 18.0. The molecule has 0 saturated heterocycles. The lowest BCUT2D eigenvalue weighted by Crippen LogP contribution is -2.48. The number of hydrogen-bond donors (Lipinski definition) is 1. The van der Waals surface area contributed by atoms with Crippen LogP contribution in [0.15, 0.2) is 58.3 Å². The van der Waals surface area contributed by atoms with Gasteiger partial charge in [-0.3, -0.25) is 14.5 Å². The van der Waals surface area contributed by atoms with E-state index in [9.17, 15) is 9.59 Å². The van der Waals surface area contributed by atoms with Crippen molar-refractivity contribution in [3.05, 3.63) is 59.0 Å². The Morgan fingerprint density at radius 1 is 1.16 bits per heavy atom. The van der Waals surface area contributed by atoms with Gasteiger partial charge in [0.25, 0.3) is 5.91 Å². The lowest BCUT2D eigenvalue weighted by atomic mass is 9.86. The van der Waals surface area contributed by atoms with Crippen LogP contribution in [0.3, 0.4) is 0 Å². The lowest BCUT2D eigenvalue weighted by Gasteiger charge is -2.32. The highest BCUT2D eigenvalue weighted by Gasteiger charge is 2.31. The molecule has 2 aromatic rings. The molecule has 2 unspecified atom stereocenters. The van der Waals surface area contributed by atoms with Crippen LogP contribution in [0.4, 0.5) is 5.69 Å². The number of fused-ring (bicyclic) bond motifs is 1. The molecule has 2 atom stereocenters. The van der Waals surface area contributed by atoms with Gasteiger partial charge in [-0.1, -0.05) is 55.8 Å². The van der Waals surface area contributed by atoms with Gasteiger partial charge in [-0.2, -0.15) is 0 Å². The molecule has 162 valence electrons. The SMILES string of the molecule is COc1ccc(C=C2Sc3ccccc3N(CC(=O)NC3CCCCC3C)C2=O)cc1. The largest absolute Gasteiger partial charge is 0.497 e. The van der Waals surface area contributed by atoms with Gasteiger partial charge in [0, 0.05) is 10.9 Å². The van der Waals surface area contributed by atoms with Crippen LogP contribution in [0.1, 0.15) is 38.2 Å². The predicted octanol–water partition coefficient (Wildman–Crippen LogP) is 4.87. The first kappa shape index (κ1) is 21.5. The molecule has 6 heteroatoms. The predicted molar refractivity (Wildman–Crippen MR) is 125 cm³/mol. The van der Waals surface area contributed by atoms with Gasteiger partial charge in [0.1, 0.15) is 12.3 Å². The summed E-state index contributed by atoms with van der Waals surface area (Å²) in [4.78, 5) is 29.4. The van der Waals surface area contributed by atoms with Crippen molar-refractivity contribution in [1.82, 2.24) is 5.32 Å². The Labute approximate surface area is 187 Å². The summed E-state index contributed by atoms with van der Waals surface area (Å²) in [7, 11) is 1.63. The van der Waals surface area contributed by atoms with Crippen molar-refractivity contribution in [1.29, 1.82) is 0 Å². The highest BCUT2D eigenvalue weighted by Crippen LogP contribution is 2.42. The fourth-order valence-corrected chi connectivity index (χ4v) is 5.26. The first-order valence-electron chi connectivity index (χ1n) is 10.8. The number of para-hydroxylation sites is 1. The fraction of sp³-hybridized carbons (Fsp3) is 0.360. The third kappa shape index (κ3) is 4.96. The van der Waals surface area contributed by atoms with Crippen LogP contribution in [0.25, 0.3) is 6.08 Å². The van der Waals surface area contributed by atoms with Crippen LogP contribution in [0.5, 0.6) is 5.75 Å². The topological polar surface area (TPSA) is 58.6 Å². The normalized spacial score (nSPS) is 22.2. The average molecular weight is 437 g/mol. The summed E-state index contributed by atoms with van der Waals surface area (Å²) in [5.74, 6) is 0.998. The highest BCUT2D eigenvalue weighted by atomic mass is 32.2. The molecular weight excluding hydrogens is 408 g/mol. The molecule has 0 spiro atoms. The first-order valence-corrected chi connectivity index (χ1v) is 11.6. The van der Waals surface area contributed by atoms with Crippen LogP contribution >= 0.6 is 11.8 Å². The standard InChI is InChI=1S/C25H28N2O3S/c1-17-7-3-4-8-20(17)26-24(28)16-27-21-9-5-6-10-22(21)31-23(25(27)29)15-18-11-13-19(30-2)14-12-18/h5-6,9-15,17,20H,3-4,7-8,16H2,1-2H3,(H,26,28). The average Bonchev–Trinajstić information content (AvgIpc) is 2.78. The number of benzene rings is 2. The molecule has 2 aliphatic rings. The van der Waals surface area contributed by atoms with E-state index in [1.165, 1.54) is 18.2 Å². The number of hydrogen-bond acceptors (Lipinski definition) is 4. The van der Waals surface area contributed by atoms with Crippen LogP contribution in [-0.4, -0.2) is 31.5 Å². The van der Waals surface area contributed by atoms with Crippen molar-refractivity contribution in [3.63, 3.8) is 0 Å². The van der Waals surface area contributed by atoms with E-state index in [2.05, 4.69) is 12.2 Å². The summed E-state index contributed by atoms with van der Waals surface area (Å²) >= 11 is 1.44. The van der Waals surface area contributed by atoms with E-state index in [1.807, 2.05) is 54.6 Å². The molecule has 1 aliphatic heterocycles. The second-order valence-corrected chi connectivity index (χ2v) is 9.26. The molecular formula is C25H28N2O3S. The van der Waals surface area contributed by atoms with Gasteiger partial charge < -0.3 is 10.1 Å². The summed E-state index contributed by atoms with van der Waals surface area (Å²) < 4.78 is 5.21. The number of ether oxygens (including phenoxy) is 1. The zero-order chi connectivity index (χ0) is 21.8. The monoisotopic (exact) mass is 436 g/mol. The summed E-state index contributed by atoms with van der Waals surface area (Å²) in [5.41, 5.74) is 1.70. The van der Waals surface area contributed by atoms with Crippen LogP contribution in [0, 0.1) is 5.92 Å². The van der Waals surface area contributed by atoms with E-state index >= 15 is 0 Å². The number of rotatable bonds is 5. The van der Waals surface area contributed by atoms with Crippen molar-refractivity contribution in [3.8, 4) is 5.75 Å². The van der Waals surface area contributed by atoms with Gasteiger partial charge in [0.05, 0.1) is 17.7 Å². The number of anilines is 1. The Hall–Kier alpha value is -2.73. The minimum atomic E-state index is -0.147. The van der Waals surface area contributed by atoms with Gasteiger partial charge in [0.2, 0.25) is 5.91 Å². The third-order valence-electron chi connectivity index (χ3n) is 6.01. The van der Waals surface area contributed by atoms with E-state index in [-0.39, 0.29) is 24.4 Å². The summed E-state index contributed by atoms with van der Waals surface area (Å²) in [6, 6.07) is 15.5. The summed E-state index contributed by atoms with van der Waals surface area (Å²) in [6.45, 7) is 2.22. The number of amides is 2. The van der Waals surface area contributed by atoms with Gasteiger partial charge in [-0.15, -0.1) is 0 Å². The Morgan fingerprint density at radius 3 is 2.65 bits per heavy atom. The molecule has 0 bridgehead atoms. The second-order valence-electron chi connectivity index (χ2n) is 8.18. The number of carbonyl (C=O) groups is 2. The highest BCUT2D eigenvalue weighted by molar-refractivity contribution is 8.04. The van der Waals surface area contributed by atoms with E-state index in [4.69, 9.17) is 4.74 Å². The molecule has 5 nitrogen and oxygen atoms in total. The molecule has 0 aromatic heterocycles. The maximum absolute atomic E-state index is 13.3. The molecule has 0 radical (unpaired) electrons. The molecule has 2 aromatic carbocycles. The number of carbonyl (C=O) groups excluding carboxylic acids is 2. The minimum Gasteiger partial charge on any atom is -0.497 e. The number of nitrogens with one attached hydrogen (secondary N) is 1. The van der Waals surface area contributed by atoms with Gasteiger partial charge in [0.15, 0.2) is 0 Å². The molecule has 1 aliphatic carbocycles. The maximum Gasteiger partial charge on any atom is 0.265 e. The van der Waals surface area contributed by atoms with Crippen molar-refractivity contribution >= 4 is 35.3 Å². The van der Waals surface area contributed by atoms with Gasteiger partial charge >= 0.3 is 0 Å². The lowest BCUT2D eigenvalue weighted by molar-refractivity contribution is -0.123. The number of methoxy groups -OCH3 is 1. The Balaban J connectivity index is 1.56. The Kier molecular flexibility index (Phi) is 6.66. The van der Waals surface area contributed by atoms with Crippen LogP contribution in [0.2, 0.25) is 0 Å². The van der Waals surface area contributed by atoms with E-state index < -0.39 is 0 Å². The van der Waals surface area contributed by atoms with Crippen LogP contribution in [-0.2, 0) is 9.59 Å². The zero-order valence-corrected chi connectivity index (χ0v) is 18.8. The van der Waals surface area contributed by atoms with Crippen molar-refractivity contribution < 1.29 is 14.3 Å². The Morgan fingerprint density at radius 2 is 1.90 bits per heavy atom. The van der Waals surface area contributed by atoms with Crippen LogP contribution < -0.4 is 15.0 Å². The van der Waals surface area contributed by atoms with Gasteiger partial charge in [-0.25, -0.2) is 0 Å². The molecule has 1 N–H and O–H groups in total. The maximum atomic E-state index is 13.3. The number of thioether (sulfide) groups is 1. The van der Waals surface area contributed by atoms with Crippen molar-refractivity contribution in [2.45, 2.75) is 43.5 Å². The first-order chi connectivity index (χ1) is 15.0. The fourth-order valence-electron chi connectivity index (χ4n) is 4.20. The van der Waals surface area contributed by atoms with E-state index in [0.29, 0.717) is 10.8 Å². The molecule has 1 fully saturated rings. The minimum absolute atomic E-state index is 0.0274. The quantitative estimate of drug-likeness (QED) is 0.680. The Bertz CT molecular complexity index is 987. The molecule has 2 amide bonds. The molecule has 31 heavy (non-hydrogen) atoms. The van der Waals surface area contributed by atoms with Gasteiger partial charge in [-0.05, 0) is 54.7 Å². The number of nitrogens with zero attached hydrogens (tertiary/aromatic N) is 1. The smallest absolute Gasteiger partial charge is 0.265 e. The van der Waals surface area contributed by atoms with Crippen molar-refractivity contribution in [2.24, 2.45) is 5.92 Å². The van der Waals surface area contributed by atoms with Crippen molar-refractivity contribution in [2.75, 3.05) is 18.6 Å². The third-order valence-corrected chi connectivity index (χ3v) is 7.08. The summed E-state index contributed by atoms with van der Waals surface area (Å²) in [5, 5.41) is 3.17. The van der Waals surface area contributed by atoms with E-state index in [1.54, 1.807) is 12.0 Å². The molecule has 1 heterocycles. The van der Waals surface area contributed by atoms with E-state index in [0.717, 1.165) is 41.2 Å². The molecule has 4 rings (SSSR count). The second kappa shape index (κ2) is 9.60. The summed E-state index contributed by atoms with van der Waals surface area (Å²) in [6.07, 6.45) is 6.39. The molecule has 1 saturated carbocycles.